The van der Waals surface area contributed by atoms with Crippen molar-refractivity contribution in [3.8, 4) is 33.4 Å². The molecule has 0 saturated carbocycles. The van der Waals surface area contributed by atoms with Crippen molar-refractivity contribution in [1.82, 2.24) is 0 Å². The van der Waals surface area contributed by atoms with E-state index in [1.165, 1.54) is 66.4 Å². The van der Waals surface area contributed by atoms with Crippen LogP contribution in [0.15, 0.2) is 241 Å². The molecule has 1 heterocycles. The third-order valence-electron chi connectivity index (χ3n) is 12.8. The highest BCUT2D eigenvalue weighted by molar-refractivity contribution is 6.23. The van der Waals surface area contributed by atoms with Crippen LogP contribution in [0.1, 0.15) is 22.3 Å². The van der Waals surface area contributed by atoms with E-state index in [2.05, 4.69) is 241 Å². The summed E-state index contributed by atoms with van der Waals surface area (Å²) in [7, 11) is 0. The normalized spacial score (nSPS) is 12.7. The Hall–Kier alpha value is -7.94. The van der Waals surface area contributed by atoms with Gasteiger partial charge < -0.3 is 9.32 Å². The summed E-state index contributed by atoms with van der Waals surface area (Å²) in [4.78, 5) is 2.35. The zero-order chi connectivity index (χ0) is 40.3. The third-order valence-corrected chi connectivity index (χ3v) is 12.8. The Balaban J connectivity index is 1.04. The summed E-state index contributed by atoms with van der Waals surface area (Å²) < 4.78 is 6.78. The van der Waals surface area contributed by atoms with E-state index in [1.54, 1.807) is 0 Å². The van der Waals surface area contributed by atoms with Gasteiger partial charge in [-0.25, -0.2) is 0 Å². The number of fused-ring (bicyclic) bond motifs is 8. The molecule has 1 aliphatic carbocycles. The van der Waals surface area contributed by atoms with Gasteiger partial charge in [-0.1, -0.05) is 188 Å². The predicted molar refractivity (Wildman–Crippen MR) is 254 cm³/mol. The molecule has 10 aromatic carbocycles. The molecule has 0 aliphatic heterocycles. The van der Waals surface area contributed by atoms with Gasteiger partial charge in [-0.05, 0) is 103 Å². The van der Waals surface area contributed by atoms with E-state index in [1.807, 2.05) is 0 Å². The summed E-state index contributed by atoms with van der Waals surface area (Å²) >= 11 is 0. The molecule has 0 amide bonds. The number of anilines is 3. The third kappa shape index (κ3) is 5.50. The van der Waals surface area contributed by atoms with Crippen molar-refractivity contribution in [3.05, 3.63) is 259 Å². The summed E-state index contributed by atoms with van der Waals surface area (Å²) in [6.45, 7) is 0. The van der Waals surface area contributed by atoms with Crippen LogP contribution in [0.3, 0.4) is 0 Å². The number of rotatable bonds is 7. The molecule has 0 spiro atoms. The molecule has 11 aromatic rings. The minimum atomic E-state index is -0.469. The van der Waals surface area contributed by atoms with Crippen LogP contribution >= 0.6 is 0 Å². The van der Waals surface area contributed by atoms with E-state index in [9.17, 15) is 0 Å². The van der Waals surface area contributed by atoms with E-state index in [0.717, 1.165) is 39.0 Å². The zero-order valence-electron chi connectivity index (χ0n) is 33.4. The highest BCUT2D eigenvalue weighted by Gasteiger charge is 2.45. The molecule has 1 aromatic heterocycles. The van der Waals surface area contributed by atoms with Crippen molar-refractivity contribution >= 4 is 49.8 Å². The summed E-state index contributed by atoms with van der Waals surface area (Å²) in [5, 5.41) is 4.65. The van der Waals surface area contributed by atoms with Crippen molar-refractivity contribution < 1.29 is 4.42 Å². The minimum Gasteiger partial charge on any atom is -0.456 e. The topological polar surface area (TPSA) is 16.4 Å². The van der Waals surface area contributed by atoms with Crippen molar-refractivity contribution in [2.45, 2.75) is 5.41 Å². The Labute approximate surface area is 355 Å². The second-order valence-electron chi connectivity index (χ2n) is 16.0. The first-order valence-corrected chi connectivity index (χ1v) is 21.0. The number of furan rings is 1. The van der Waals surface area contributed by atoms with Crippen LogP contribution in [0.4, 0.5) is 17.1 Å². The van der Waals surface area contributed by atoms with Gasteiger partial charge in [-0.15, -0.1) is 0 Å². The Bertz CT molecular complexity index is 3340. The van der Waals surface area contributed by atoms with Crippen molar-refractivity contribution in [2.24, 2.45) is 0 Å². The summed E-state index contributed by atoms with van der Waals surface area (Å²) in [6.07, 6.45) is 0. The van der Waals surface area contributed by atoms with Crippen LogP contribution < -0.4 is 4.90 Å². The molecule has 0 saturated heterocycles. The van der Waals surface area contributed by atoms with Crippen LogP contribution in [-0.2, 0) is 5.41 Å². The van der Waals surface area contributed by atoms with E-state index in [4.69, 9.17) is 4.42 Å². The average Bonchev–Trinajstić information content (AvgIpc) is 3.87. The monoisotopic (exact) mass is 777 g/mol. The standard InChI is InChI=1S/C59H39NO/c1-4-15-40(16-5-1)41-27-32-46(33-28-41)60(48-36-37-52-56(39-48)61-55-38-29-43-19-14-24-49(57(43)58(52)55)42-17-6-2-7-18-42)47-34-30-45(31-35-47)59(44-20-8-3-9-21-44)53-25-12-10-22-50(53)51-23-11-13-26-54(51)59/h1-39H. The highest BCUT2D eigenvalue weighted by Crippen LogP contribution is 2.56. The van der Waals surface area contributed by atoms with Crippen LogP contribution in [-0.4, -0.2) is 0 Å². The van der Waals surface area contributed by atoms with Crippen LogP contribution in [0.5, 0.6) is 0 Å². The average molecular weight is 778 g/mol. The lowest BCUT2D eigenvalue weighted by atomic mass is 9.68. The Morgan fingerprint density at radius 1 is 0.328 bits per heavy atom. The lowest BCUT2D eigenvalue weighted by Gasteiger charge is -2.34. The van der Waals surface area contributed by atoms with Gasteiger partial charge in [0.15, 0.2) is 0 Å². The fraction of sp³-hybridized carbons (Fsp3) is 0.0169. The van der Waals surface area contributed by atoms with E-state index < -0.39 is 5.41 Å². The molecule has 1 aliphatic rings. The molecule has 0 fully saturated rings. The van der Waals surface area contributed by atoms with Gasteiger partial charge in [0, 0.05) is 39.3 Å². The van der Waals surface area contributed by atoms with E-state index in [-0.39, 0.29) is 0 Å². The first kappa shape index (κ1) is 35.0. The molecule has 286 valence electrons. The van der Waals surface area contributed by atoms with Crippen molar-refractivity contribution in [2.75, 3.05) is 4.90 Å². The Morgan fingerprint density at radius 3 is 1.52 bits per heavy atom. The number of nitrogens with zero attached hydrogens (tertiary/aromatic N) is 1. The first-order valence-electron chi connectivity index (χ1n) is 21.0. The summed E-state index contributed by atoms with van der Waals surface area (Å²) in [6, 6.07) is 85.8. The van der Waals surface area contributed by atoms with Gasteiger partial charge in [0.05, 0.1) is 5.41 Å². The van der Waals surface area contributed by atoms with Gasteiger partial charge in [0.25, 0.3) is 0 Å². The van der Waals surface area contributed by atoms with Crippen LogP contribution in [0.2, 0.25) is 0 Å². The Kier molecular flexibility index (Phi) is 8.11. The molecule has 0 atom stereocenters. The van der Waals surface area contributed by atoms with E-state index in [0.29, 0.717) is 0 Å². The fourth-order valence-electron chi connectivity index (χ4n) is 10.1. The van der Waals surface area contributed by atoms with Crippen molar-refractivity contribution in [1.29, 1.82) is 0 Å². The highest BCUT2D eigenvalue weighted by atomic mass is 16.3. The predicted octanol–water partition coefficient (Wildman–Crippen LogP) is 15.9. The second-order valence-corrected chi connectivity index (χ2v) is 16.0. The van der Waals surface area contributed by atoms with Gasteiger partial charge >= 0.3 is 0 Å². The second kappa shape index (κ2) is 14.1. The smallest absolute Gasteiger partial charge is 0.137 e. The number of hydrogen-bond acceptors (Lipinski definition) is 2. The molecular formula is C59H39NO. The lowest BCUT2D eigenvalue weighted by Crippen LogP contribution is -2.28. The molecule has 0 unspecified atom stereocenters. The Morgan fingerprint density at radius 2 is 0.852 bits per heavy atom. The number of benzene rings is 10. The molecule has 0 bridgehead atoms. The summed E-state index contributed by atoms with van der Waals surface area (Å²) in [5.74, 6) is 0. The fourth-order valence-corrected chi connectivity index (χ4v) is 10.1. The molecular weight excluding hydrogens is 739 g/mol. The molecule has 0 radical (unpaired) electrons. The van der Waals surface area contributed by atoms with Crippen molar-refractivity contribution in [3.63, 3.8) is 0 Å². The maximum absolute atomic E-state index is 6.78. The molecule has 2 heteroatoms. The zero-order valence-corrected chi connectivity index (χ0v) is 33.4. The largest absolute Gasteiger partial charge is 0.456 e. The quantitative estimate of drug-likeness (QED) is 0.160. The van der Waals surface area contributed by atoms with E-state index >= 15 is 0 Å². The molecule has 12 rings (SSSR count). The molecule has 61 heavy (non-hydrogen) atoms. The summed E-state index contributed by atoms with van der Waals surface area (Å²) in [5.41, 5.74) is 16.9. The van der Waals surface area contributed by atoms with Crippen LogP contribution in [0.25, 0.3) is 66.1 Å². The number of hydrogen-bond donors (Lipinski definition) is 0. The molecule has 2 nitrogen and oxygen atoms in total. The lowest BCUT2D eigenvalue weighted by molar-refractivity contribution is 0.669. The maximum Gasteiger partial charge on any atom is 0.137 e. The van der Waals surface area contributed by atoms with Crippen LogP contribution in [0, 0.1) is 0 Å². The van der Waals surface area contributed by atoms with Gasteiger partial charge in [-0.2, -0.15) is 0 Å². The maximum atomic E-state index is 6.78. The minimum absolute atomic E-state index is 0.469. The van der Waals surface area contributed by atoms with Gasteiger partial charge in [0.1, 0.15) is 11.2 Å². The van der Waals surface area contributed by atoms with Gasteiger partial charge in [0.2, 0.25) is 0 Å². The first-order chi connectivity index (χ1) is 30.3. The van der Waals surface area contributed by atoms with Gasteiger partial charge in [-0.3, -0.25) is 0 Å². The molecule has 0 N–H and O–H groups in total. The SMILES string of the molecule is c1ccc(-c2ccc(N(c3ccc(C4(c5ccccc5)c5ccccc5-c5ccccc54)cc3)c3ccc4c(c3)oc3ccc5cccc(-c6ccccc6)c5c34)cc2)cc1.